The lowest BCUT2D eigenvalue weighted by atomic mass is 9.98. The lowest BCUT2D eigenvalue weighted by Gasteiger charge is -2.42. The van der Waals surface area contributed by atoms with Crippen LogP contribution in [0.25, 0.3) is 0 Å². The standard InChI is InChI=1S/C49H88O15/c1-3-5-7-9-11-13-15-16-17-18-19-20-22-23-25-27-29-31-40(51)59-34-37(62-41(52)32-30-28-26-24-21-14-12-10-8-6-4-2)35-60-48-47(58)45(56)43(54)39(64-48)36-61-49-46(57)44(55)42(53)38(33-50)63-49/h10,12-13,15,37-39,42-50,53-58H,3-9,11,14,16-36H2,1-2H3/b12-10+,15-13+/t37-,38+,39+,42-,43-,44?,45?,46?,47?,48+,49+/m0/s1. The topological polar surface area (TPSA) is 231 Å². The molecule has 15 heteroatoms. The number of allylic oxidation sites excluding steroid dienone is 4. The summed E-state index contributed by atoms with van der Waals surface area (Å²) in [5, 5.41) is 71.9. The van der Waals surface area contributed by atoms with E-state index in [0.717, 1.165) is 57.8 Å². The van der Waals surface area contributed by atoms with E-state index in [1.54, 1.807) is 0 Å². The fourth-order valence-electron chi connectivity index (χ4n) is 7.72. The molecule has 2 aliphatic rings. The maximum Gasteiger partial charge on any atom is 0.306 e. The SMILES string of the molecule is CCCC/C=C/CCCCCCCC(=O)O[C@@H](COC(=O)CCCCCCCCCCC/C=C/CCCCCC)CO[C@@H]1O[C@H](CO[C@@H]2O[C@H](CO)[C@H](O)C(O)C2O)[C@H](O)C(O)C1O. The Morgan fingerprint density at radius 3 is 1.42 bits per heavy atom. The van der Waals surface area contributed by atoms with Crippen LogP contribution >= 0.6 is 0 Å². The van der Waals surface area contributed by atoms with Crippen LogP contribution in [0.15, 0.2) is 24.3 Å². The first-order chi connectivity index (χ1) is 31.0. The van der Waals surface area contributed by atoms with Gasteiger partial charge in [0, 0.05) is 12.8 Å². The highest BCUT2D eigenvalue weighted by molar-refractivity contribution is 5.70. The molecule has 11 atom stereocenters. The molecular weight excluding hydrogens is 829 g/mol. The van der Waals surface area contributed by atoms with Crippen molar-refractivity contribution in [1.82, 2.24) is 0 Å². The Kier molecular flexibility index (Phi) is 33.6. The van der Waals surface area contributed by atoms with Crippen molar-refractivity contribution >= 4 is 11.9 Å². The summed E-state index contributed by atoms with van der Waals surface area (Å²) in [4.78, 5) is 25.7. The van der Waals surface area contributed by atoms with E-state index >= 15 is 0 Å². The van der Waals surface area contributed by atoms with Gasteiger partial charge in [0.05, 0.1) is 19.8 Å². The van der Waals surface area contributed by atoms with Gasteiger partial charge in [-0.25, -0.2) is 0 Å². The summed E-state index contributed by atoms with van der Waals surface area (Å²) in [5.74, 6) is -0.936. The van der Waals surface area contributed by atoms with Crippen LogP contribution in [0.4, 0.5) is 0 Å². The first-order valence-electron chi connectivity index (χ1n) is 24.9. The van der Waals surface area contributed by atoms with Crippen LogP contribution in [-0.4, -0.2) is 142 Å². The van der Waals surface area contributed by atoms with Gasteiger partial charge >= 0.3 is 11.9 Å². The minimum Gasteiger partial charge on any atom is -0.462 e. The van der Waals surface area contributed by atoms with Crippen molar-refractivity contribution < 1.29 is 73.8 Å². The van der Waals surface area contributed by atoms with Gasteiger partial charge in [-0.05, 0) is 57.8 Å². The zero-order valence-electron chi connectivity index (χ0n) is 39.3. The molecule has 374 valence electrons. The number of esters is 2. The average molecular weight is 917 g/mol. The number of hydrogen-bond acceptors (Lipinski definition) is 15. The second kappa shape index (κ2) is 37.0. The van der Waals surface area contributed by atoms with E-state index in [4.69, 9.17) is 28.4 Å². The van der Waals surface area contributed by atoms with E-state index in [2.05, 4.69) is 38.2 Å². The summed E-state index contributed by atoms with van der Waals surface area (Å²) >= 11 is 0. The Morgan fingerprint density at radius 2 is 0.906 bits per heavy atom. The molecule has 0 amide bonds. The summed E-state index contributed by atoms with van der Waals surface area (Å²) < 4.78 is 33.5. The Morgan fingerprint density at radius 1 is 0.484 bits per heavy atom. The lowest BCUT2D eigenvalue weighted by Crippen LogP contribution is -2.61. The molecule has 0 aromatic rings. The zero-order chi connectivity index (χ0) is 46.8. The monoisotopic (exact) mass is 917 g/mol. The van der Waals surface area contributed by atoms with Crippen LogP contribution in [0.5, 0.6) is 0 Å². The van der Waals surface area contributed by atoms with E-state index in [1.165, 1.54) is 83.5 Å². The third kappa shape index (κ3) is 25.2. The molecule has 0 saturated carbocycles. The van der Waals surface area contributed by atoms with Gasteiger partial charge in [0.15, 0.2) is 18.7 Å². The van der Waals surface area contributed by atoms with Gasteiger partial charge in [0.25, 0.3) is 0 Å². The van der Waals surface area contributed by atoms with E-state index in [0.29, 0.717) is 12.8 Å². The number of carbonyl (C=O) groups is 2. The Bertz CT molecular complexity index is 1220. The number of ether oxygens (including phenoxy) is 6. The van der Waals surface area contributed by atoms with E-state index < -0.39 is 92.7 Å². The predicted octanol–water partition coefficient (Wildman–Crippen LogP) is 6.38. The molecule has 0 radical (unpaired) electrons. The fraction of sp³-hybridized carbons (Fsp3) is 0.878. The van der Waals surface area contributed by atoms with Crippen molar-refractivity contribution in [1.29, 1.82) is 0 Å². The van der Waals surface area contributed by atoms with Crippen LogP contribution < -0.4 is 0 Å². The summed E-state index contributed by atoms with van der Waals surface area (Å²) in [5.41, 5.74) is 0. The lowest BCUT2D eigenvalue weighted by molar-refractivity contribution is -0.332. The van der Waals surface area contributed by atoms with Crippen molar-refractivity contribution in [3.8, 4) is 0 Å². The second-order valence-electron chi connectivity index (χ2n) is 17.6. The summed E-state index contributed by atoms with van der Waals surface area (Å²) in [6, 6.07) is 0. The second-order valence-corrected chi connectivity index (χ2v) is 17.6. The summed E-state index contributed by atoms with van der Waals surface area (Å²) in [6.07, 6.45) is 19.3. The van der Waals surface area contributed by atoms with Gasteiger partial charge in [-0.1, -0.05) is 134 Å². The maximum absolute atomic E-state index is 12.9. The highest BCUT2D eigenvalue weighted by Gasteiger charge is 2.47. The number of aliphatic hydroxyl groups is 7. The van der Waals surface area contributed by atoms with Crippen molar-refractivity contribution in [3.63, 3.8) is 0 Å². The summed E-state index contributed by atoms with van der Waals surface area (Å²) in [7, 11) is 0. The van der Waals surface area contributed by atoms with Crippen LogP contribution in [0.3, 0.4) is 0 Å². The fourth-order valence-corrected chi connectivity index (χ4v) is 7.72. The number of aliphatic hydroxyl groups excluding tert-OH is 7. The highest BCUT2D eigenvalue weighted by Crippen LogP contribution is 2.26. The Balaban J connectivity index is 1.80. The normalized spacial score (nSPS) is 26.8. The highest BCUT2D eigenvalue weighted by atomic mass is 16.7. The molecule has 7 N–H and O–H groups in total. The largest absolute Gasteiger partial charge is 0.462 e. The zero-order valence-corrected chi connectivity index (χ0v) is 39.3. The van der Waals surface area contributed by atoms with Crippen molar-refractivity contribution in [2.45, 2.75) is 248 Å². The molecule has 2 heterocycles. The molecule has 15 nitrogen and oxygen atoms in total. The predicted molar refractivity (Wildman–Crippen MR) is 243 cm³/mol. The number of rotatable bonds is 38. The molecule has 4 unspecified atom stereocenters. The molecule has 0 spiro atoms. The maximum atomic E-state index is 12.9. The van der Waals surface area contributed by atoms with Gasteiger partial charge in [-0.15, -0.1) is 0 Å². The first-order valence-corrected chi connectivity index (χ1v) is 24.9. The van der Waals surface area contributed by atoms with Gasteiger partial charge in [-0.3, -0.25) is 9.59 Å². The molecule has 2 fully saturated rings. The van der Waals surface area contributed by atoms with Crippen molar-refractivity contribution in [2.24, 2.45) is 0 Å². The average Bonchev–Trinajstić information content (AvgIpc) is 3.29. The van der Waals surface area contributed by atoms with Gasteiger partial charge in [0.2, 0.25) is 0 Å². The number of hydrogen-bond donors (Lipinski definition) is 7. The third-order valence-electron chi connectivity index (χ3n) is 11.9. The molecular formula is C49H88O15. The molecule has 0 aromatic carbocycles. The van der Waals surface area contributed by atoms with Gasteiger partial charge in [-0.2, -0.15) is 0 Å². The molecule has 0 bridgehead atoms. The third-order valence-corrected chi connectivity index (χ3v) is 11.9. The van der Waals surface area contributed by atoms with Crippen LogP contribution in [0, 0.1) is 0 Å². The number of carbonyl (C=O) groups excluding carboxylic acids is 2. The molecule has 2 aliphatic heterocycles. The molecule has 0 aromatic heterocycles. The van der Waals surface area contributed by atoms with Gasteiger partial charge in [0.1, 0.15) is 55.4 Å². The molecule has 2 saturated heterocycles. The molecule has 0 aliphatic carbocycles. The van der Waals surface area contributed by atoms with E-state index in [1.807, 2.05) is 0 Å². The van der Waals surface area contributed by atoms with Crippen LogP contribution in [0.2, 0.25) is 0 Å². The Labute approximate surface area is 383 Å². The van der Waals surface area contributed by atoms with E-state index in [-0.39, 0.29) is 26.1 Å². The van der Waals surface area contributed by atoms with Crippen molar-refractivity contribution in [3.05, 3.63) is 24.3 Å². The molecule has 2 rings (SSSR count). The minimum absolute atomic E-state index is 0.156. The van der Waals surface area contributed by atoms with Crippen molar-refractivity contribution in [2.75, 3.05) is 26.4 Å². The quantitative estimate of drug-likeness (QED) is 0.0203. The van der Waals surface area contributed by atoms with E-state index in [9.17, 15) is 45.3 Å². The van der Waals surface area contributed by atoms with Gasteiger partial charge < -0.3 is 64.2 Å². The smallest absolute Gasteiger partial charge is 0.306 e. The number of unbranched alkanes of at least 4 members (excludes halogenated alkanes) is 20. The van der Waals surface area contributed by atoms with Crippen LogP contribution in [-0.2, 0) is 38.0 Å². The summed E-state index contributed by atoms with van der Waals surface area (Å²) in [6.45, 7) is 2.52. The minimum atomic E-state index is -1.76. The van der Waals surface area contributed by atoms with Crippen LogP contribution in [0.1, 0.15) is 181 Å². The molecule has 64 heavy (non-hydrogen) atoms. The first kappa shape index (κ1) is 58.1. The Hall–Kier alpha value is -2.02.